The van der Waals surface area contributed by atoms with E-state index < -0.39 is 5.97 Å². The van der Waals surface area contributed by atoms with Crippen molar-refractivity contribution in [1.29, 1.82) is 0 Å². The lowest BCUT2D eigenvalue weighted by Gasteiger charge is -1.95. The largest absolute Gasteiger partial charge is 0.476 e. The summed E-state index contributed by atoms with van der Waals surface area (Å²) in [5, 5.41) is 13.7. The Bertz CT molecular complexity index is 602. The Morgan fingerprint density at radius 2 is 2.25 bits per heavy atom. The predicted octanol–water partition coefficient (Wildman–Crippen LogP) is 1.76. The van der Waals surface area contributed by atoms with Gasteiger partial charge in [-0.3, -0.25) is 4.68 Å². The Labute approximate surface area is 92.5 Å². The maximum atomic E-state index is 11.0. The number of carboxylic acids is 1. The Morgan fingerprint density at radius 3 is 2.94 bits per heavy atom. The van der Waals surface area contributed by atoms with Crippen molar-refractivity contribution in [3.05, 3.63) is 30.0 Å². The molecule has 2 rings (SSSR count). The van der Waals surface area contributed by atoms with Gasteiger partial charge in [-0.25, -0.2) is 4.79 Å². The fourth-order valence-corrected chi connectivity index (χ4v) is 1.56. The highest BCUT2D eigenvalue weighted by Gasteiger charge is 2.14. The highest BCUT2D eigenvalue weighted by Crippen LogP contribution is 2.17. The van der Waals surface area contributed by atoms with E-state index in [-0.39, 0.29) is 5.69 Å². The van der Waals surface area contributed by atoms with Gasteiger partial charge in [0, 0.05) is 5.39 Å². The number of aromatic carboxylic acids is 1. The molecule has 1 heterocycles. The smallest absolute Gasteiger partial charge is 0.357 e. The Morgan fingerprint density at radius 1 is 1.50 bits per heavy atom. The molecule has 0 aliphatic rings. The van der Waals surface area contributed by atoms with Crippen LogP contribution in [0.25, 0.3) is 10.9 Å². The van der Waals surface area contributed by atoms with Crippen molar-refractivity contribution < 1.29 is 9.90 Å². The van der Waals surface area contributed by atoms with Crippen LogP contribution in [0, 0.1) is 11.8 Å². The molecule has 1 N–H and O–H groups in total. The molecule has 1 aromatic heterocycles. The van der Waals surface area contributed by atoms with Crippen LogP contribution >= 0.6 is 0 Å². The minimum atomic E-state index is -1.01. The minimum absolute atomic E-state index is 0.0773. The maximum Gasteiger partial charge on any atom is 0.357 e. The second kappa shape index (κ2) is 4.07. The van der Waals surface area contributed by atoms with Crippen LogP contribution in [0.1, 0.15) is 17.4 Å². The molecule has 0 spiro atoms. The number of benzene rings is 1. The lowest BCUT2D eigenvalue weighted by molar-refractivity contribution is 0.0691. The highest BCUT2D eigenvalue weighted by atomic mass is 16.4. The molecule has 0 unspecified atom stereocenters. The van der Waals surface area contributed by atoms with Gasteiger partial charge in [0.05, 0.1) is 5.52 Å². The van der Waals surface area contributed by atoms with Crippen LogP contribution in [0.3, 0.4) is 0 Å². The standard InChI is InChI=1S/C12H10N2O2/c1-2-3-8-14-10-7-5-4-6-9(10)11(13-14)12(15)16/h4-7H,8H2,1H3,(H,15,16). The summed E-state index contributed by atoms with van der Waals surface area (Å²) in [5.74, 6) is 4.61. The molecule has 4 heteroatoms. The van der Waals surface area contributed by atoms with Gasteiger partial charge >= 0.3 is 5.97 Å². The van der Waals surface area contributed by atoms with Crippen LogP contribution in [0.2, 0.25) is 0 Å². The summed E-state index contributed by atoms with van der Waals surface area (Å²) in [4.78, 5) is 11.0. The van der Waals surface area contributed by atoms with E-state index in [1.807, 2.05) is 12.1 Å². The van der Waals surface area contributed by atoms with Crippen molar-refractivity contribution in [3.8, 4) is 11.8 Å². The summed E-state index contributed by atoms with van der Waals surface area (Å²) in [7, 11) is 0. The number of aromatic nitrogens is 2. The van der Waals surface area contributed by atoms with Crippen LogP contribution in [0.4, 0.5) is 0 Å². The van der Waals surface area contributed by atoms with E-state index in [0.717, 1.165) is 5.52 Å². The minimum Gasteiger partial charge on any atom is -0.476 e. The highest BCUT2D eigenvalue weighted by molar-refractivity contribution is 6.01. The summed E-state index contributed by atoms with van der Waals surface area (Å²) in [6.45, 7) is 2.15. The second-order valence-electron chi connectivity index (χ2n) is 3.26. The van der Waals surface area contributed by atoms with Gasteiger partial charge in [-0.05, 0) is 13.0 Å². The summed E-state index contributed by atoms with van der Waals surface area (Å²) in [5.41, 5.74) is 0.871. The Balaban J connectivity index is 2.65. The van der Waals surface area contributed by atoms with Gasteiger partial charge in [-0.15, -0.1) is 5.92 Å². The van der Waals surface area contributed by atoms with Gasteiger partial charge in [0.1, 0.15) is 6.54 Å². The average molecular weight is 214 g/mol. The second-order valence-corrected chi connectivity index (χ2v) is 3.26. The normalized spacial score (nSPS) is 9.81. The third-order valence-electron chi connectivity index (χ3n) is 2.27. The Kier molecular flexibility index (Phi) is 2.61. The summed E-state index contributed by atoms with van der Waals surface area (Å²) < 4.78 is 1.61. The van der Waals surface area contributed by atoms with Gasteiger partial charge < -0.3 is 5.11 Å². The fourth-order valence-electron chi connectivity index (χ4n) is 1.56. The summed E-state index contributed by atoms with van der Waals surface area (Å²) in [6, 6.07) is 7.24. The lowest BCUT2D eigenvalue weighted by atomic mass is 10.2. The maximum absolute atomic E-state index is 11.0. The fraction of sp³-hybridized carbons (Fsp3) is 0.167. The van der Waals surface area contributed by atoms with E-state index in [9.17, 15) is 4.79 Å². The number of carboxylic acid groups (broad SMARTS) is 1. The zero-order chi connectivity index (χ0) is 11.5. The van der Waals surface area contributed by atoms with E-state index in [1.165, 1.54) is 0 Å². The number of rotatable bonds is 2. The van der Waals surface area contributed by atoms with Gasteiger partial charge in [0.25, 0.3) is 0 Å². The molecule has 2 aromatic rings. The number of fused-ring (bicyclic) bond motifs is 1. The number of carbonyl (C=O) groups is 1. The van der Waals surface area contributed by atoms with Crippen LogP contribution in [-0.4, -0.2) is 20.9 Å². The van der Waals surface area contributed by atoms with Crippen molar-refractivity contribution in [3.63, 3.8) is 0 Å². The first kappa shape index (κ1) is 10.2. The number of hydrogen-bond acceptors (Lipinski definition) is 2. The number of hydrogen-bond donors (Lipinski definition) is 1. The average Bonchev–Trinajstić information content (AvgIpc) is 2.65. The predicted molar refractivity (Wildman–Crippen MR) is 60.1 cm³/mol. The zero-order valence-electron chi connectivity index (χ0n) is 8.77. The van der Waals surface area contributed by atoms with Gasteiger partial charge in [0.2, 0.25) is 0 Å². The van der Waals surface area contributed by atoms with E-state index in [0.29, 0.717) is 11.9 Å². The first-order valence-electron chi connectivity index (χ1n) is 4.82. The molecule has 16 heavy (non-hydrogen) atoms. The van der Waals surface area contributed by atoms with Crippen molar-refractivity contribution in [1.82, 2.24) is 9.78 Å². The third-order valence-corrected chi connectivity index (χ3v) is 2.27. The molecule has 4 nitrogen and oxygen atoms in total. The van der Waals surface area contributed by atoms with E-state index in [2.05, 4.69) is 16.9 Å². The molecular formula is C12H10N2O2. The van der Waals surface area contributed by atoms with Crippen LogP contribution in [0.15, 0.2) is 24.3 Å². The van der Waals surface area contributed by atoms with Gasteiger partial charge in [0.15, 0.2) is 5.69 Å². The van der Waals surface area contributed by atoms with E-state index in [1.54, 1.807) is 23.7 Å². The summed E-state index contributed by atoms with van der Waals surface area (Å²) >= 11 is 0. The Hall–Kier alpha value is -2.28. The van der Waals surface area contributed by atoms with Crippen molar-refractivity contribution in [2.24, 2.45) is 0 Å². The van der Waals surface area contributed by atoms with E-state index in [4.69, 9.17) is 5.11 Å². The van der Waals surface area contributed by atoms with Gasteiger partial charge in [-0.1, -0.05) is 24.1 Å². The van der Waals surface area contributed by atoms with Crippen molar-refractivity contribution in [2.75, 3.05) is 0 Å². The van der Waals surface area contributed by atoms with Crippen LogP contribution < -0.4 is 0 Å². The third kappa shape index (κ3) is 1.63. The lowest BCUT2D eigenvalue weighted by Crippen LogP contribution is -2.02. The number of para-hydroxylation sites is 1. The monoisotopic (exact) mass is 214 g/mol. The molecule has 0 aliphatic heterocycles. The number of nitrogens with zero attached hydrogens (tertiary/aromatic N) is 2. The molecule has 0 fully saturated rings. The van der Waals surface area contributed by atoms with Crippen molar-refractivity contribution >= 4 is 16.9 Å². The molecular weight excluding hydrogens is 204 g/mol. The summed E-state index contributed by atoms with van der Waals surface area (Å²) in [6.07, 6.45) is 0. The van der Waals surface area contributed by atoms with Crippen molar-refractivity contribution in [2.45, 2.75) is 13.5 Å². The zero-order valence-corrected chi connectivity index (χ0v) is 8.77. The molecule has 0 aliphatic carbocycles. The first-order valence-corrected chi connectivity index (χ1v) is 4.82. The molecule has 0 atom stereocenters. The van der Waals surface area contributed by atoms with Gasteiger partial charge in [-0.2, -0.15) is 5.10 Å². The molecule has 0 bridgehead atoms. The molecule has 0 radical (unpaired) electrons. The van der Waals surface area contributed by atoms with Crippen LogP contribution in [-0.2, 0) is 6.54 Å². The molecule has 1 aromatic carbocycles. The molecule has 0 saturated carbocycles. The SMILES string of the molecule is CC#CCn1nc(C(=O)O)c2ccccc21. The quantitative estimate of drug-likeness (QED) is 0.775. The molecule has 0 amide bonds. The van der Waals surface area contributed by atoms with E-state index >= 15 is 0 Å². The van der Waals surface area contributed by atoms with Crippen LogP contribution in [0.5, 0.6) is 0 Å². The molecule has 80 valence electrons. The molecule has 0 saturated heterocycles. The first-order chi connectivity index (χ1) is 7.74. The topological polar surface area (TPSA) is 55.1 Å².